The first-order valence-corrected chi connectivity index (χ1v) is 7.44. The van der Waals surface area contributed by atoms with Crippen molar-refractivity contribution in [3.05, 3.63) is 29.5 Å². The van der Waals surface area contributed by atoms with E-state index >= 15 is 0 Å². The lowest BCUT2D eigenvalue weighted by Crippen LogP contribution is -2.19. The van der Waals surface area contributed by atoms with Gasteiger partial charge in [0.25, 0.3) is 5.91 Å². The van der Waals surface area contributed by atoms with E-state index in [1.54, 1.807) is 12.1 Å². The van der Waals surface area contributed by atoms with Crippen LogP contribution in [0.4, 0.5) is 5.82 Å². The Balaban J connectivity index is 2.14. The highest BCUT2D eigenvalue weighted by molar-refractivity contribution is 6.02. The fraction of sp³-hybridized carbons (Fsp3) is 0.250. The Bertz CT molecular complexity index is 805. The van der Waals surface area contributed by atoms with Crippen molar-refractivity contribution in [1.29, 1.82) is 0 Å². The number of ether oxygens (including phenoxy) is 3. The molecule has 1 aromatic carbocycles. The lowest BCUT2D eigenvalue weighted by atomic mass is 10.2. The molecule has 138 valence electrons. The van der Waals surface area contributed by atoms with Gasteiger partial charge in [-0.25, -0.2) is 5.43 Å². The van der Waals surface area contributed by atoms with Crippen molar-refractivity contribution in [2.75, 3.05) is 26.6 Å². The molecule has 0 bridgehead atoms. The second kappa shape index (κ2) is 8.51. The van der Waals surface area contributed by atoms with E-state index in [1.165, 1.54) is 40.7 Å². The molecule has 1 heterocycles. The zero-order chi connectivity index (χ0) is 19.1. The number of benzene rings is 1. The van der Waals surface area contributed by atoms with Crippen LogP contribution in [0.2, 0.25) is 0 Å². The average Bonchev–Trinajstić information content (AvgIpc) is 3.08. The third-order valence-corrected chi connectivity index (χ3v) is 3.25. The number of hydrogen-bond donors (Lipinski definition) is 3. The molecule has 0 aliphatic carbocycles. The Labute approximate surface area is 149 Å². The van der Waals surface area contributed by atoms with Gasteiger partial charge in [0.05, 0.1) is 33.7 Å². The predicted molar refractivity (Wildman–Crippen MR) is 94.0 cm³/mol. The molecule has 26 heavy (non-hydrogen) atoms. The lowest BCUT2D eigenvalue weighted by Gasteiger charge is -2.12. The van der Waals surface area contributed by atoms with Crippen molar-refractivity contribution >= 4 is 23.8 Å². The van der Waals surface area contributed by atoms with Gasteiger partial charge in [-0.2, -0.15) is 10.2 Å². The van der Waals surface area contributed by atoms with E-state index in [1.807, 2.05) is 0 Å². The van der Waals surface area contributed by atoms with E-state index < -0.39 is 5.91 Å². The topological polar surface area (TPSA) is 127 Å². The van der Waals surface area contributed by atoms with E-state index in [0.29, 0.717) is 22.8 Å². The van der Waals surface area contributed by atoms with Crippen molar-refractivity contribution in [3.8, 4) is 17.2 Å². The van der Waals surface area contributed by atoms with Crippen LogP contribution in [0.1, 0.15) is 22.8 Å². The zero-order valence-electron chi connectivity index (χ0n) is 14.7. The highest BCUT2D eigenvalue weighted by Crippen LogP contribution is 2.37. The first-order chi connectivity index (χ1) is 12.5. The summed E-state index contributed by atoms with van der Waals surface area (Å²) in [4.78, 5) is 23.2. The molecular weight excluding hydrogens is 342 g/mol. The van der Waals surface area contributed by atoms with Gasteiger partial charge in [-0.05, 0) is 12.1 Å². The number of methoxy groups -OCH3 is 3. The molecule has 0 atom stereocenters. The van der Waals surface area contributed by atoms with E-state index in [0.717, 1.165) is 0 Å². The molecule has 0 aliphatic rings. The molecule has 0 spiro atoms. The smallest absolute Gasteiger partial charge is 0.276 e. The van der Waals surface area contributed by atoms with Crippen molar-refractivity contribution in [1.82, 2.24) is 15.6 Å². The summed E-state index contributed by atoms with van der Waals surface area (Å²) in [6.45, 7) is 1.32. The molecule has 0 unspecified atom stereocenters. The zero-order valence-corrected chi connectivity index (χ0v) is 14.7. The summed E-state index contributed by atoms with van der Waals surface area (Å²) >= 11 is 0. The maximum atomic E-state index is 12.1. The third kappa shape index (κ3) is 4.29. The van der Waals surface area contributed by atoms with Crippen LogP contribution >= 0.6 is 0 Å². The number of carbonyl (C=O) groups is 2. The van der Waals surface area contributed by atoms with Crippen LogP contribution in [0.25, 0.3) is 0 Å². The minimum atomic E-state index is -0.536. The van der Waals surface area contributed by atoms with E-state index in [4.69, 9.17) is 14.2 Å². The number of amides is 2. The minimum Gasteiger partial charge on any atom is -0.493 e. The van der Waals surface area contributed by atoms with Gasteiger partial charge in [0.15, 0.2) is 11.5 Å². The Morgan fingerprint density at radius 2 is 1.81 bits per heavy atom. The number of nitrogens with one attached hydrogen (secondary N) is 3. The molecule has 2 amide bonds. The number of nitrogens with zero attached hydrogens (tertiary/aromatic N) is 2. The number of H-pyrrole nitrogens is 1. The van der Waals surface area contributed by atoms with Gasteiger partial charge in [0.2, 0.25) is 11.7 Å². The van der Waals surface area contributed by atoms with Crippen LogP contribution in [-0.2, 0) is 4.79 Å². The standard InChI is InChI=1S/C16H19N5O5/c1-9(22)19-15-11(8-18-20-15)16(23)21-17-7-10-5-12(24-2)14(26-4)13(6-10)25-3/h5-8H,1-4H3,(H,21,23)(H2,18,19,20,22)/b17-7+. The summed E-state index contributed by atoms with van der Waals surface area (Å²) < 4.78 is 15.7. The Morgan fingerprint density at radius 3 is 2.35 bits per heavy atom. The van der Waals surface area contributed by atoms with Gasteiger partial charge in [-0.1, -0.05) is 0 Å². The maximum Gasteiger partial charge on any atom is 0.276 e. The lowest BCUT2D eigenvalue weighted by molar-refractivity contribution is -0.114. The Morgan fingerprint density at radius 1 is 1.15 bits per heavy atom. The van der Waals surface area contributed by atoms with Gasteiger partial charge >= 0.3 is 0 Å². The molecule has 2 aromatic rings. The molecule has 10 heteroatoms. The number of aromatic nitrogens is 2. The number of rotatable bonds is 7. The van der Waals surface area contributed by atoms with Crippen LogP contribution < -0.4 is 25.0 Å². The van der Waals surface area contributed by atoms with Gasteiger partial charge in [0, 0.05) is 12.5 Å². The summed E-state index contributed by atoms with van der Waals surface area (Å²) in [5, 5.41) is 12.6. The second-order valence-corrected chi connectivity index (χ2v) is 5.00. The maximum absolute atomic E-state index is 12.1. The Kier molecular flexibility index (Phi) is 6.15. The van der Waals surface area contributed by atoms with Crippen LogP contribution in [0, 0.1) is 0 Å². The SMILES string of the molecule is COc1cc(/C=N/NC(=O)c2cn[nH]c2NC(C)=O)cc(OC)c1OC. The summed E-state index contributed by atoms with van der Waals surface area (Å²) in [6.07, 6.45) is 2.70. The number of carbonyl (C=O) groups excluding carboxylic acids is 2. The molecule has 0 saturated carbocycles. The van der Waals surface area contributed by atoms with Gasteiger partial charge in [-0.15, -0.1) is 0 Å². The monoisotopic (exact) mass is 361 g/mol. The summed E-state index contributed by atoms with van der Waals surface area (Å²) in [5.74, 6) is 0.702. The number of anilines is 1. The summed E-state index contributed by atoms with van der Waals surface area (Å²) in [5.41, 5.74) is 3.13. The summed E-state index contributed by atoms with van der Waals surface area (Å²) in [7, 11) is 4.51. The molecule has 1 aromatic heterocycles. The molecular formula is C16H19N5O5. The number of hydrogen-bond acceptors (Lipinski definition) is 7. The van der Waals surface area contributed by atoms with Crippen molar-refractivity contribution < 1.29 is 23.8 Å². The molecule has 0 radical (unpaired) electrons. The molecule has 2 rings (SSSR count). The fourth-order valence-corrected chi connectivity index (χ4v) is 2.13. The average molecular weight is 361 g/mol. The van der Waals surface area contributed by atoms with E-state index in [2.05, 4.69) is 26.0 Å². The Hall–Kier alpha value is -3.56. The molecule has 0 fully saturated rings. The highest BCUT2D eigenvalue weighted by atomic mass is 16.5. The number of aromatic amines is 1. The second-order valence-electron chi connectivity index (χ2n) is 5.00. The quantitative estimate of drug-likeness (QED) is 0.502. The fourth-order valence-electron chi connectivity index (χ4n) is 2.13. The molecule has 0 aliphatic heterocycles. The number of hydrazone groups is 1. The first kappa shape index (κ1) is 18.8. The van der Waals surface area contributed by atoms with Gasteiger partial charge in [-0.3, -0.25) is 14.7 Å². The predicted octanol–water partition coefficient (Wildman–Crippen LogP) is 1.16. The third-order valence-electron chi connectivity index (χ3n) is 3.25. The van der Waals surface area contributed by atoms with E-state index in [-0.39, 0.29) is 17.3 Å². The van der Waals surface area contributed by atoms with Crippen molar-refractivity contribution in [2.45, 2.75) is 6.92 Å². The van der Waals surface area contributed by atoms with Crippen molar-refractivity contribution in [3.63, 3.8) is 0 Å². The largest absolute Gasteiger partial charge is 0.493 e. The van der Waals surface area contributed by atoms with Crippen LogP contribution in [0.3, 0.4) is 0 Å². The molecule has 0 saturated heterocycles. The van der Waals surface area contributed by atoms with Gasteiger partial charge in [0.1, 0.15) is 11.4 Å². The molecule has 3 N–H and O–H groups in total. The molecule has 10 nitrogen and oxygen atoms in total. The normalized spacial score (nSPS) is 10.5. The van der Waals surface area contributed by atoms with Crippen LogP contribution in [-0.4, -0.2) is 49.6 Å². The van der Waals surface area contributed by atoms with Gasteiger partial charge < -0.3 is 19.5 Å². The first-order valence-electron chi connectivity index (χ1n) is 7.44. The summed E-state index contributed by atoms with van der Waals surface area (Å²) in [6, 6.07) is 3.36. The van der Waals surface area contributed by atoms with Crippen LogP contribution in [0.5, 0.6) is 17.2 Å². The minimum absolute atomic E-state index is 0.155. The van der Waals surface area contributed by atoms with Crippen molar-refractivity contribution in [2.24, 2.45) is 5.10 Å². The van der Waals surface area contributed by atoms with E-state index in [9.17, 15) is 9.59 Å². The highest BCUT2D eigenvalue weighted by Gasteiger charge is 2.15. The van der Waals surface area contributed by atoms with Crippen LogP contribution in [0.15, 0.2) is 23.4 Å².